The summed E-state index contributed by atoms with van der Waals surface area (Å²) >= 11 is 1.33. The van der Waals surface area contributed by atoms with Crippen LogP contribution in [0.3, 0.4) is 0 Å². The zero-order chi connectivity index (χ0) is 23.8. The van der Waals surface area contributed by atoms with E-state index in [9.17, 15) is 9.18 Å². The summed E-state index contributed by atoms with van der Waals surface area (Å²) < 4.78 is 15.4. The van der Waals surface area contributed by atoms with E-state index < -0.39 is 0 Å². The smallest absolute Gasteiger partial charge is 0.162 e. The zero-order valence-electron chi connectivity index (χ0n) is 18.4. The number of carbonyl (C=O) groups excluding carboxylic acids is 1. The third-order valence-corrected chi connectivity index (χ3v) is 6.63. The van der Waals surface area contributed by atoms with Gasteiger partial charge in [0.15, 0.2) is 6.29 Å². The molecule has 3 heterocycles. The number of carbonyl (C=O) groups is 1. The number of rotatable bonds is 6. The lowest BCUT2D eigenvalue weighted by Gasteiger charge is -2.29. The van der Waals surface area contributed by atoms with E-state index in [1.807, 2.05) is 64.6 Å². The van der Waals surface area contributed by atoms with Gasteiger partial charge >= 0.3 is 0 Å². The number of anilines is 2. The number of thiazole rings is 1. The van der Waals surface area contributed by atoms with Crippen LogP contribution in [0.2, 0.25) is 0 Å². The van der Waals surface area contributed by atoms with Crippen molar-refractivity contribution in [3.63, 3.8) is 0 Å². The SMILES string of the molecule is O=Cc1scnc1-c1ccc2c(c1)C=NCN2Nc1ccc2c(cnn2Cc2cccc(F)c2)c1. The third-order valence-electron chi connectivity index (χ3n) is 5.87. The van der Waals surface area contributed by atoms with Crippen molar-refractivity contribution < 1.29 is 9.18 Å². The van der Waals surface area contributed by atoms with Gasteiger partial charge in [-0.25, -0.2) is 9.37 Å². The zero-order valence-corrected chi connectivity index (χ0v) is 19.2. The minimum absolute atomic E-state index is 0.252. The Bertz CT molecular complexity index is 1590. The average molecular weight is 483 g/mol. The number of hydrogen-bond acceptors (Lipinski definition) is 7. The fourth-order valence-electron chi connectivity index (χ4n) is 4.25. The van der Waals surface area contributed by atoms with Gasteiger partial charge in [0.1, 0.15) is 12.5 Å². The highest BCUT2D eigenvalue weighted by Gasteiger charge is 2.17. The highest BCUT2D eigenvalue weighted by Crippen LogP contribution is 2.31. The summed E-state index contributed by atoms with van der Waals surface area (Å²) in [5.41, 5.74) is 11.3. The fourth-order valence-corrected chi connectivity index (χ4v) is 4.86. The molecule has 5 aromatic rings. The molecule has 0 radical (unpaired) electrons. The van der Waals surface area contributed by atoms with E-state index in [0.29, 0.717) is 23.8 Å². The normalized spacial score (nSPS) is 12.7. The van der Waals surface area contributed by atoms with Gasteiger partial charge in [-0.2, -0.15) is 5.10 Å². The van der Waals surface area contributed by atoms with Crippen LogP contribution in [0.5, 0.6) is 0 Å². The second-order valence-corrected chi connectivity index (χ2v) is 9.04. The number of aromatic nitrogens is 3. The molecule has 2 aromatic heterocycles. The van der Waals surface area contributed by atoms with Gasteiger partial charge in [0, 0.05) is 22.7 Å². The molecule has 0 atom stereocenters. The maximum atomic E-state index is 13.5. The van der Waals surface area contributed by atoms with E-state index in [0.717, 1.165) is 45.3 Å². The van der Waals surface area contributed by atoms with Crippen LogP contribution in [-0.4, -0.2) is 33.9 Å². The minimum Gasteiger partial charge on any atom is -0.297 e. The standard InChI is InChI=1S/C26H19FN6OS/c27-21-3-1-2-17(8-21)13-32-23-7-5-22(10-20(23)12-30-32)31-33-15-28-11-19-9-18(4-6-24(19)33)26-25(14-34)35-16-29-26/h1-12,14,16,31H,13,15H2. The Hall–Kier alpha value is -4.37. The quantitative estimate of drug-likeness (QED) is 0.329. The van der Waals surface area contributed by atoms with Crippen molar-refractivity contribution in [1.82, 2.24) is 14.8 Å². The van der Waals surface area contributed by atoms with Crippen molar-refractivity contribution in [3.05, 3.63) is 94.2 Å². The monoisotopic (exact) mass is 482 g/mol. The Morgan fingerprint density at radius 2 is 2.06 bits per heavy atom. The first-order valence-corrected chi connectivity index (χ1v) is 11.8. The molecular weight excluding hydrogens is 463 g/mol. The molecule has 9 heteroatoms. The van der Waals surface area contributed by atoms with Gasteiger partial charge in [0.25, 0.3) is 0 Å². The maximum Gasteiger partial charge on any atom is 0.162 e. The van der Waals surface area contributed by atoms with Gasteiger partial charge in [-0.05, 0) is 48.0 Å². The predicted molar refractivity (Wildman–Crippen MR) is 137 cm³/mol. The molecule has 35 heavy (non-hydrogen) atoms. The van der Waals surface area contributed by atoms with Gasteiger partial charge in [-0.1, -0.05) is 18.2 Å². The molecule has 0 amide bonds. The van der Waals surface area contributed by atoms with Crippen LogP contribution in [0.15, 0.2) is 77.4 Å². The Labute approximate surface area is 204 Å². The number of nitrogens with one attached hydrogen (secondary N) is 1. The summed E-state index contributed by atoms with van der Waals surface area (Å²) in [7, 11) is 0. The first kappa shape index (κ1) is 21.2. The van der Waals surface area contributed by atoms with Crippen LogP contribution < -0.4 is 10.4 Å². The van der Waals surface area contributed by atoms with Crippen molar-refractivity contribution >= 4 is 46.1 Å². The van der Waals surface area contributed by atoms with Crippen LogP contribution in [0.25, 0.3) is 22.2 Å². The molecule has 7 nitrogen and oxygen atoms in total. The van der Waals surface area contributed by atoms with Crippen LogP contribution in [0.4, 0.5) is 15.8 Å². The van der Waals surface area contributed by atoms with Gasteiger partial charge in [0.05, 0.1) is 45.7 Å². The first-order valence-electron chi connectivity index (χ1n) is 10.9. The Morgan fingerprint density at radius 3 is 2.94 bits per heavy atom. The van der Waals surface area contributed by atoms with Gasteiger partial charge < -0.3 is 0 Å². The predicted octanol–water partition coefficient (Wildman–Crippen LogP) is 5.38. The highest BCUT2D eigenvalue weighted by atomic mass is 32.1. The van der Waals surface area contributed by atoms with Crippen LogP contribution in [-0.2, 0) is 6.54 Å². The summed E-state index contributed by atoms with van der Waals surface area (Å²) in [6.45, 7) is 0.953. The van der Waals surface area contributed by atoms with Crippen molar-refractivity contribution in [3.8, 4) is 11.3 Å². The maximum absolute atomic E-state index is 13.5. The Balaban J connectivity index is 1.24. The van der Waals surface area contributed by atoms with Crippen molar-refractivity contribution in [2.45, 2.75) is 6.54 Å². The van der Waals surface area contributed by atoms with Crippen LogP contribution in [0, 0.1) is 5.82 Å². The summed E-state index contributed by atoms with van der Waals surface area (Å²) in [6, 6.07) is 18.6. The van der Waals surface area contributed by atoms with Gasteiger partial charge in [-0.3, -0.25) is 24.9 Å². The lowest BCUT2D eigenvalue weighted by atomic mass is 10.1. The summed E-state index contributed by atoms with van der Waals surface area (Å²) in [5, 5.41) is 7.44. The summed E-state index contributed by atoms with van der Waals surface area (Å²) in [4.78, 5) is 20.7. The minimum atomic E-state index is -0.252. The Morgan fingerprint density at radius 1 is 1.11 bits per heavy atom. The molecule has 6 rings (SSSR count). The Kier molecular flexibility index (Phi) is 5.31. The number of aliphatic imine (C=N–C) groups is 1. The number of aldehydes is 1. The summed E-state index contributed by atoms with van der Waals surface area (Å²) in [5.74, 6) is -0.252. The number of benzene rings is 3. The second kappa shape index (κ2) is 8.77. The molecule has 0 saturated heterocycles. The molecule has 0 spiro atoms. The van der Waals surface area contributed by atoms with E-state index >= 15 is 0 Å². The van der Waals surface area contributed by atoms with E-state index in [-0.39, 0.29) is 5.82 Å². The molecular formula is C26H19FN6OS. The largest absolute Gasteiger partial charge is 0.297 e. The van der Waals surface area contributed by atoms with E-state index in [4.69, 9.17) is 0 Å². The fraction of sp³-hybridized carbons (Fsp3) is 0.0769. The molecule has 0 fully saturated rings. The molecule has 0 unspecified atom stereocenters. The highest BCUT2D eigenvalue weighted by molar-refractivity contribution is 7.11. The van der Waals surface area contributed by atoms with Gasteiger partial charge in [0.2, 0.25) is 0 Å². The first-order chi connectivity index (χ1) is 17.2. The van der Waals surface area contributed by atoms with E-state index in [2.05, 4.69) is 20.5 Å². The van der Waals surface area contributed by atoms with Crippen molar-refractivity contribution in [2.24, 2.45) is 4.99 Å². The van der Waals surface area contributed by atoms with Crippen LogP contribution in [0.1, 0.15) is 20.8 Å². The molecule has 1 N–H and O–H groups in total. The molecule has 3 aromatic carbocycles. The average Bonchev–Trinajstić information content (AvgIpc) is 3.51. The number of halogens is 1. The number of fused-ring (bicyclic) bond motifs is 2. The lowest BCUT2D eigenvalue weighted by Crippen LogP contribution is -2.33. The van der Waals surface area contributed by atoms with Crippen LogP contribution >= 0.6 is 11.3 Å². The van der Waals surface area contributed by atoms with Crippen molar-refractivity contribution in [2.75, 3.05) is 17.1 Å². The second-order valence-electron chi connectivity index (χ2n) is 8.16. The molecule has 0 bridgehead atoms. The van der Waals surface area contributed by atoms with Gasteiger partial charge in [-0.15, -0.1) is 11.3 Å². The third kappa shape index (κ3) is 4.06. The molecule has 0 saturated carbocycles. The summed E-state index contributed by atoms with van der Waals surface area (Å²) in [6.07, 6.45) is 4.49. The molecule has 1 aliphatic heterocycles. The molecule has 172 valence electrons. The molecule has 0 aliphatic carbocycles. The molecule has 1 aliphatic rings. The lowest BCUT2D eigenvalue weighted by molar-refractivity contribution is 0.112. The topological polar surface area (TPSA) is 75.4 Å². The van der Waals surface area contributed by atoms with E-state index in [1.54, 1.807) is 11.6 Å². The number of hydrazine groups is 1. The number of hydrogen-bond donors (Lipinski definition) is 1. The van der Waals surface area contributed by atoms with Crippen molar-refractivity contribution in [1.29, 1.82) is 0 Å². The van der Waals surface area contributed by atoms with E-state index in [1.165, 1.54) is 23.5 Å². The number of nitrogens with zero attached hydrogens (tertiary/aromatic N) is 5.